The zero-order valence-electron chi connectivity index (χ0n) is 12.2. The van der Waals surface area contributed by atoms with E-state index in [1.54, 1.807) is 12.1 Å². The van der Waals surface area contributed by atoms with E-state index in [-0.39, 0.29) is 16.4 Å². The van der Waals surface area contributed by atoms with Gasteiger partial charge in [-0.3, -0.25) is 4.79 Å². The Morgan fingerprint density at radius 2 is 2.05 bits per heavy atom. The van der Waals surface area contributed by atoms with Crippen molar-refractivity contribution in [2.45, 2.75) is 43.8 Å². The molecule has 2 rings (SSSR count). The summed E-state index contributed by atoms with van der Waals surface area (Å²) < 4.78 is 0.175. The summed E-state index contributed by atoms with van der Waals surface area (Å²) in [7, 11) is 0. The first kappa shape index (κ1) is 15.2. The summed E-state index contributed by atoms with van der Waals surface area (Å²) in [6.45, 7) is 2.58. The van der Waals surface area contributed by atoms with Gasteiger partial charge in [-0.25, -0.2) is 0 Å². The number of aryl methyl sites for hydroxylation is 1. The van der Waals surface area contributed by atoms with Crippen LogP contribution in [0.25, 0.3) is 0 Å². The Morgan fingerprint density at radius 3 is 2.65 bits per heavy atom. The lowest BCUT2D eigenvalue weighted by atomic mass is 9.88. The molecule has 1 aromatic rings. The first-order valence-electron chi connectivity index (χ1n) is 7.19. The molecule has 1 amide bonds. The number of aromatic hydroxyl groups is 1. The van der Waals surface area contributed by atoms with Crippen LogP contribution in [-0.4, -0.2) is 28.6 Å². The molecule has 0 aliphatic heterocycles. The molecule has 0 radical (unpaired) electrons. The number of amides is 1. The molecule has 0 spiro atoms. The molecule has 4 heteroatoms. The summed E-state index contributed by atoms with van der Waals surface area (Å²) in [6.07, 6.45) is 8.23. The Labute approximate surface area is 125 Å². The highest BCUT2D eigenvalue weighted by atomic mass is 32.2. The third kappa shape index (κ3) is 3.48. The van der Waals surface area contributed by atoms with Crippen molar-refractivity contribution in [1.29, 1.82) is 0 Å². The lowest BCUT2D eigenvalue weighted by molar-refractivity contribution is 0.0944. The predicted molar refractivity (Wildman–Crippen MR) is 84.5 cm³/mol. The number of carbonyl (C=O) groups excluding carboxylic acids is 1. The zero-order chi connectivity index (χ0) is 14.6. The minimum atomic E-state index is -0.179. The van der Waals surface area contributed by atoms with Crippen LogP contribution < -0.4 is 5.32 Å². The second-order valence-electron chi connectivity index (χ2n) is 5.65. The van der Waals surface area contributed by atoms with Crippen molar-refractivity contribution in [3.05, 3.63) is 29.3 Å². The van der Waals surface area contributed by atoms with Crippen LogP contribution in [0.3, 0.4) is 0 Å². The maximum atomic E-state index is 12.2. The summed E-state index contributed by atoms with van der Waals surface area (Å²) >= 11 is 1.86. The maximum absolute atomic E-state index is 12.2. The highest BCUT2D eigenvalue weighted by molar-refractivity contribution is 8.00. The number of nitrogens with one attached hydrogen (secondary N) is 1. The van der Waals surface area contributed by atoms with E-state index in [0.29, 0.717) is 12.1 Å². The fraction of sp³-hybridized carbons (Fsp3) is 0.562. The molecule has 0 atom stereocenters. The van der Waals surface area contributed by atoms with E-state index in [0.717, 1.165) is 18.4 Å². The van der Waals surface area contributed by atoms with Gasteiger partial charge in [0, 0.05) is 11.3 Å². The van der Waals surface area contributed by atoms with E-state index in [9.17, 15) is 9.90 Å². The van der Waals surface area contributed by atoms with Gasteiger partial charge in [-0.05, 0) is 43.7 Å². The van der Waals surface area contributed by atoms with Gasteiger partial charge in [-0.2, -0.15) is 11.8 Å². The van der Waals surface area contributed by atoms with E-state index >= 15 is 0 Å². The van der Waals surface area contributed by atoms with Gasteiger partial charge in [0.1, 0.15) is 5.75 Å². The van der Waals surface area contributed by atoms with Crippen LogP contribution in [0.15, 0.2) is 18.2 Å². The molecule has 1 aromatic carbocycles. The van der Waals surface area contributed by atoms with Crippen molar-refractivity contribution in [1.82, 2.24) is 5.32 Å². The first-order chi connectivity index (χ1) is 9.56. The molecule has 0 aromatic heterocycles. The molecular weight excluding hydrogens is 270 g/mol. The van der Waals surface area contributed by atoms with Crippen LogP contribution in [-0.2, 0) is 0 Å². The molecule has 0 unspecified atom stereocenters. The van der Waals surface area contributed by atoms with Gasteiger partial charge in [0.25, 0.3) is 5.91 Å². The standard InChI is InChI=1S/C16H23NO2S/c1-12-6-7-13(14(18)10-12)15(19)17-11-16(20-2)8-4-3-5-9-16/h6-7,10,18H,3-5,8-9,11H2,1-2H3,(H,17,19). The van der Waals surface area contributed by atoms with Crippen LogP contribution in [0.2, 0.25) is 0 Å². The minimum Gasteiger partial charge on any atom is -0.507 e. The SMILES string of the molecule is CSC1(CNC(=O)c2ccc(C)cc2O)CCCCC1. The molecule has 1 saturated carbocycles. The summed E-state index contributed by atoms with van der Waals surface area (Å²) in [4.78, 5) is 12.2. The number of carbonyl (C=O) groups is 1. The molecule has 2 N–H and O–H groups in total. The number of phenols is 1. The Morgan fingerprint density at radius 1 is 1.35 bits per heavy atom. The number of benzene rings is 1. The fourth-order valence-corrected chi connectivity index (χ4v) is 3.73. The lowest BCUT2D eigenvalue weighted by Crippen LogP contribution is -2.41. The number of hydrogen-bond acceptors (Lipinski definition) is 3. The van der Waals surface area contributed by atoms with Gasteiger partial charge in [0.15, 0.2) is 0 Å². The van der Waals surface area contributed by atoms with E-state index in [1.807, 2.05) is 24.8 Å². The van der Waals surface area contributed by atoms with Crippen molar-refractivity contribution < 1.29 is 9.90 Å². The smallest absolute Gasteiger partial charge is 0.255 e. The molecule has 3 nitrogen and oxygen atoms in total. The third-order valence-electron chi connectivity index (χ3n) is 4.17. The molecule has 110 valence electrons. The minimum absolute atomic E-state index is 0.0596. The van der Waals surface area contributed by atoms with E-state index < -0.39 is 0 Å². The quantitative estimate of drug-likeness (QED) is 0.893. The number of thioether (sulfide) groups is 1. The third-order valence-corrected chi connectivity index (χ3v) is 5.59. The molecule has 0 saturated heterocycles. The lowest BCUT2D eigenvalue weighted by Gasteiger charge is -2.35. The van der Waals surface area contributed by atoms with Gasteiger partial charge in [-0.1, -0.05) is 25.3 Å². The van der Waals surface area contributed by atoms with Crippen molar-refractivity contribution in [3.63, 3.8) is 0 Å². The molecule has 0 bridgehead atoms. The summed E-state index contributed by atoms with van der Waals surface area (Å²) in [5.41, 5.74) is 1.31. The molecule has 20 heavy (non-hydrogen) atoms. The van der Waals surface area contributed by atoms with Gasteiger partial charge in [0.2, 0.25) is 0 Å². The van der Waals surface area contributed by atoms with Gasteiger partial charge < -0.3 is 10.4 Å². The predicted octanol–water partition coefficient (Wildman–Crippen LogP) is 3.50. The van der Waals surface area contributed by atoms with Crippen molar-refractivity contribution in [2.24, 2.45) is 0 Å². The van der Waals surface area contributed by atoms with Gasteiger partial charge >= 0.3 is 0 Å². The Balaban J connectivity index is 2.00. The molecule has 1 aliphatic rings. The number of hydrogen-bond donors (Lipinski definition) is 2. The Hall–Kier alpha value is -1.16. The van der Waals surface area contributed by atoms with Gasteiger partial charge in [0.05, 0.1) is 5.56 Å². The fourth-order valence-electron chi connectivity index (χ4n) is 2.82. The number of rotatable bonds is 4. The highest BCUT2D eigenvalue weighted by Crippen LogP contribution is 2.38. The molecule has 0 heterocycles. The average Bonchev–Trinajstić information content (AvgIpc) is 2.46. The van der Waals surface area contributed by atoms with Gasteiger partial charge in [-0.15, -0.1) is 0 Å². The normalized spacial score (nSPS) is 17.7. The summed E-state index contributed by atoms with van der Waals surface area (Å²) in [5.74, 6) is -0.120. The zero-order valence-corrected chi connectivity index (χ0v) is 13.1. The van der Waals surface area contributed by atoms with E-state index in [1.165, 1.54) is 19.3 Å². The largest absolute Gasteiger partial charge is 0.507 e. The Kier molecular flexibility index (Phi) is 4.97. The van der Waals surface area contributed by atoms with Crippen molar-refractivity contribution >= 4 is 17.7 Å². The van der Waals surface area contributed by atoms with Crippen LogP contribution in [0.5, 0.6) is 5.75 Å². The monoisotopic (exact) mass is 293 g/mol. The first-order valence-corrected chi connectivity index (χ1v) is 8.42. The van der Waals surface area contributed by atoms with Crippen LogP contribution in [0, 0.1) is 6.92 Å². The van der Waals surface area contributed by atoms with Crippen LogP contribution >= 0.6 is 11.8 Å². The van der Waals surface area contributed by atoms with Crippen molar-refractivity contribution in [2.75, 3.05) is 12.8 Å². The van der Waals surface area contributed by atoms with Crippen molar-refractivity contribution in [3.8, 4) is 5.75 Å². The molecule has 1 aliphatic carbocycles. The van der Waals surface area contributed by atoms with E-state index in [4.69, 9.17) is 0 Å². The average molecular weight is 293 g/mol. The van der Waals surface area contributed by atoms with Crippen LogP contribution in [0.1, 0.15) is 48.0 Å². The summed E-state index contributed by atoms with van der Waals surface area (Å²) in [5, 5.41) is 12.9. The summed E-state index contributed by atoms with van der Waals surface area (Å²) in [6, 6.07) is 5.16. The van der Waals surface area contributed by atoms with Crippen LogP contribution in [0.4, 0.5) is 0 Å². The molecular formula is C16H23NO2S. The topological polar surface area (TPSA) is 49.3 Å². The number of phenolic OH excluding ortho intramolecular Hbond substituents is 1. The maximum Gasteiger partial charge on any atom is 0.255 e. The second kappa shape index (κ2) is 6.53. The second-order valence-corrected chi connectivity index (χ2v) is 6.93. The van der Waals surface area contributed by atoms with E-state index in [2.05, 4.69) is 11.6 Å². The molecule has 1 fully saturated rings. The highest BCUT2D eigenvalue weighted by Gasteiger charge is 2.31. The Bertz CT molecular complexity index is 481.